The minimum atomic E-state index is -0.0995. The third kappa shape index (κ3) is 2.27. The number of amides is 1. The van der Waals surface area contributed by atoms with Gasteiger partial charge in [0.05, 0.1) is 6.04 Å². The van der Waals surface area contributed by atoms with E-state index in [1.165, 1.54) is 19.8 Å². The van der Waals surface area contributed by atoms with Crippen molar-refractivity contribution in [3.8, 4) is 0 Å². The highest BCUT2D eigenvalue weighted by molar-refractivity contribution is 7.27. The maximum Gasteiger partial charge on any atom is 0.224 e. The normalized spacial score (nSPS) is 15.8. The Bertz CT molecular complexity index is 805. The van der Waals surface area contributed by atoms with E-state index in [-0.39, 0.29) is 11.9 Å². The van der Waals surface area contributed by atoms with Crippen LogP contribution in [0.5, 0.6) is 0 Å². The molecule has 5 heteroatoms. The zero-order valence-corrected chi connectivity index (χ0v) is 12.9. The molecular weight excluding hydrogens is 300 g/mol. The number of anilines is 1. The molecule has 0 fully saturated rings. The van der Waals surface area contributed by atoms with Crippen molar-refractivity contribution >= 4 is 43.7 Å². The van der Waals surface area contributed by atoms with Crippen LogP contribution in [0.15, 0.2) is 35.7 Å². The smallest absolute Gasteiger partial charge is 0.224 e. The topological polar surface area (TPSA) is 55.1 Å². The summed E-state index contributed by atoms with van der Waals surface area (Å²) in [6.07, 6.45) is 1.35. The monoisotopic (exact) mass is 314 g/mol. The first-order chi connectivity index (χ1) is 10.2. The highest BCUT2D eigenvalue weighted by atomic mass is 32.1. The largest absolute Gasteiger partial charge is 0.326 e. The summed E-state index contributed by atoms with van der Waals surface area (Å²) in [4.78, 5) is 12.6. The van der Waals surface area contributed by atoms with E-state index >= 15 is 0 Å². The number of nitrogens with one attached hydrogen (secondary N) is 1. The van der Waals surface area contributed by atoms with Crippen LogP contribution in [0.3, 0.4) is 0 Å². The van der Waals surface area contributed by atoms with E-state index < -0.39 is 0 Å². The van der Waals surface area contributed by atoms with Crippen molar-refractivity contribution in [2.24, 2.45) is 5.73 Å². The number of thiophene rings is 2. The van der Waals surface area contributed by atoms with Crippen molar-refractivity contribution in [3.63, 3.8) is 0 Å². The van der Waals surface area contributed by atoms with Crippen LogP contribution in [0.25, 0.3) is 9.40 Å². The van der Waals surface area contributed by atoms with Gasteiger partial charge in [-0.3, -0.25) is 4.79 Å². The van der Waals surface area contributed by atoms with Gasteiger partial charge in [-0.05, 0) is 41.1 Å². The zero-order chi connectivity index (χ0) is 14.4. The maximum absolute atomic E-state index is 11.4. The molecule has 4 rings (SSSR count). The molecule has 0 aliphatic carbocycles. The molecule has 1 aliphatic rings. The molecule has 1 unspecified atom stereocenters. The van der Waals surface area contributed by atoms with Gasteiger partial charge in [0.25, 0.3) is 0 Å². The van der Waals surface area contributed by atoms with E-state index in [0.29, 0.717) is 6.42 Å². The summed E-state index contributed by atoms with van der Waals surface area (Å²) in [7, 11) is 0. The van der Waals surface area contributed by atoms with Crippen LogP contribution >= 0.6 is 22.7 Å². The van der Waals surface area contributed by atoms with Crippen molar-refractivity contribution < 1.29 is 4.79 Å². The van der Waals surface area contributed by atoms with Crippen LogP contribution < -0.4 is 11.1 Å². The molecule has 1 aliphatic heterocycles. The van der Waals surface area contributed by atoms with Gasteiger partial charge in [0.15, 0.2) is 0 Å². The average Bonchev–Trinajstić information content (AvgIpc) is 3.07. The fourth-order valence-electron chi connectivity index (χ4n) is 2.70. The van der Waals surface area contributed by atoms with E-state index in [1.807, 2.05) is 12.1 Å². The second kappa shape index (κ2) is 4.94. The Morgan fingerprint density at radius 3 is 2.90 bits per heavy atom. The third-order valence-electron chi connectivity index (χ3n) is 3.85. The number of carbonyl (C=O) groups excluding carboxylic acids is 1. The Morgan fingerprint density at radius 1 is 1.14 bits per heavy atom. The lowest BCUT2D eigenvalue weighted by atomic mass is 9.97. The SMILES string of the molecule is NC(c1ccc2c(c1)CCC(=O)N2)c1cc2sccc2s1. The summed E-state index contributed by atoms with van der Waals surface area (Å²) >= 11 is 3.51. The summed E-state index contributed by atoms with van der Waals surface area (Å²) < 4.78 is 2.60. The van der Waals surface area contributed by atoms with Crippen LogP contribution in [0.4, 0.5) is 5.69 Å². The molecule has 0 spiro atoms. The van der Waals surface area contributed by atoms with Gasteiger partial charge in [-0.2, -0.15) is 0 Å². The Kier molecular flexibility index (Phi) is 3.06. The average molecular weight is 314 g/mol. The number of carbonyl (C=O) groups is 1. The molecule has 3 nitrogen and oxygen atoms in total. The summed E-state index contributed by atoms with van der Waals surface area (Å²) in [5.41, 5.74) is 9.64. The second-order valence-corrected chi connectivity index (χ2v) is 7.30. The molecule has 3 heterocycles. The Labute approximate surface area is 130 Å². The second-order valence-electron chi connectivity index (χ2n) is 5.24. The third-order valence-corrected chi connectivity index (χ3v) is 6.03. The molecule has 1 atom stereocenters. The molecular formula is C16H14N2OS2. The highest BCUT2D eigenvalue weighted by Crippen LogP contribution is 2.36. The minimum absolute atomic E-state index is 0.0954. The van der Waals surface area contributed by atoms with E-state index in [2.05, 4.69) is 28.9 Å². The van der Waals surface area contributed by atoms with Crippen molar-refractivity contribution in [3.05, 3.63) is 51.7 Å². The first-order valence-corrected chi connectivity index (χ1v) is 8.55. The molecule has 0 bridgehead atoms. The van der Waals surface area contributed by atoms with Gasteiger partial charge in [0, 0.05) is 26.4 Å². The van der Waals surface area contributed by atoms with Crippen LogP contribution in [0, 0.1) is 0 Å². The Morgan fingerprint density at radius 2 is 2.05 bits per heavy atom. The van der Waals surface area contributed by atoms with E-state index in [9.17, 15) is 4.79 Å². The molecule has 1 amide bonds. The van der Waals surface area contributed by atoms with Crippen LogP contribution in [-0.4, -0.2) is 5.91 Å². The summed E-state index contributed by atoms with van der Waals surface area (Å²) in [5.74, 6) is 0.0954. The molecule has 0 radical (unpaired) electrons. The summed E-state index contributed by atoms with van der Waals surface area (Å²) in [6.45, 7) is 0. The standard InChI is InChI=1S/C16H14N2OS2/c17-16(14-8-13-12(21-14)5-6-20-13)10-1-3-11-9(7-10)2-4-15(19)18-11/h1,3,5-8,16H,2,4,17H2,(H,18,19). The van der Waals surface area contributed by atoms with E-state index in [1.54, 1.807) is 22.7 Å². The first kappa shape index (κ1) is 13.0. The summed E-state index contributed by atoms with van der Waals surface area (Å²) in [5, 5.41) is 5.02. The molecule has 3 aromatic rings. The van der Waals surface area contributed by atoms with Gasteiger partial charge in [-0.1, -0.05) is 12.1 Å². The number of aryl methyl sites for hydroxylation is 1. The van der Waals surface area contributed by atoms with Crippen molar-refractivity contribution in [2.45, 2.75) is 18.9 Å². The Hall–Kier alpha value is -1.69. The van der Waals surface area contributed by atoms with E-state index in [4.69, 9.17) is 5.73 Å². The van der Waals surface area contributed by atoms with Gasteiger partial charge in [-0.25, -0.2) is 0 Å². The molecule has 106 valence electrons. The molecule has 21 heavy (non-hydrogen) atoms. The number of hydrogen-bond acceptors (Lipinski definition) is 4. The number of benzene rings is 1. The lowest BCUT2D eigenvalue weighted by Gasteiger charge is -2.19. The molecule has 0 saturated heterocycles. The Balaban J connectivity index is 1.69. The fraction of sp³-hybridized carbons (Fsp3) is 0.188. The maximum atomic E-state index is 11.4. The number of fused-ring (bicyclic) bond motifs is 2. The molecule has 1 aromatic carbocycles. The number of nitrogens with two attached hydrogens (primary N) is 1. The number of rotatable bonds is 2. The fourth-order valence-corrected chi connectivity index (χ4v) is 4.85. The predicted molar refractivity (Wildman–Crippen MR) is 89.1 cm³/mol. The first-order valence-electron chi connectivity index (χ1n) is 6.86. The van der Waals surface area contributed by atoms with Gasteiger partial charge in [-0.15, -0.1) is 22.7 Å². The molecule has 2 aromatic heterocycles. The van der Waals surface area contributed by atoms with Crippen LogP contribution in [0.2, 0.25) is 0 Å². The van der Waals surface area contributed by atoms with Gasteiger partial charge in [0.2, 0.25) is 5.91 Å². The molecule has 0 saturated carbocycles. The lowest BCUT2D eigenvalue weighted by Crippen LogP contribution is -2.19. The minimum Gasteiger partial charge on any atom is -0.326 e. The van der Waals surface area contributed by atoms with Crippen LogP contribution in [-0.2, 0) is 11.2 Å². The van der Waals surface area contributed by atoms with Crippen molar-refractivity contribution in [1.82, 2.24) is 0 Å². The van der Waals surface area contributed by atoms with E-state index in [0.717, 1.165) is 17.7 Å². The van der Waals surface area contributed by atoms with Crippen LogP contribution in [0.1, 0.15) is 28.5 Å². The number of hydrogen-bond donors (Lipinski definition) is 2. The van der Waals surface area contributed by atoms with Crippen molar-refractivity contribution in [2.75, 3.05) is 5.32 Å². The zero-order valence-electron chi connectivity index (χ0n) is 11.3. The van der Waals surface area contributed by atoms with Gasteiger partial charge in [0.1, 0.15) is 0 Å². The molecule has 3 N–H and O–H groups in total. The predicted octanol–water partition coefficient (Wildman–Crippen LogP) is 3.90. The summed E-state index contributed by atoms with van der Waals surface area (Å²) in [6, 6.07) is 10.4. The highest BCUT2D eigenvalue weighted by Gasteiger charge is 2.18. The van der Waals surface area contributed by atoms with Gasteiger partial charge < -0.3 is 11.1 Å². The quantitative estimate of drug-likeness (QED) is 0.754. The van der Waals surface area contributed by atoms with Crippen molar-refractivity contribution in [1.29, 1.82) is 0 Å². The van der Waals surface area contributed by atoms with Gasteiger partial charge >= 0.3 is 0 Å². The lowest BCUT2D eigenvalue weighted by molar-refractivity contribution is -0.116.